The molecule has 1 aromatic heterocycles. The molecule has 0 aromatic carbocycles. The first-order valence-electron chi connectivity index (χ1n) is 3.75. The molecular weight excluding hydrogens is 156 g/mol. The standard InChI is InChI=1S/C7H12N4O/c1-2-4-7(9)5(11-10-4)3-6(8)12/h2-3,9H2,1H3,(H2,8,12)(H,10,11). The number of aromatic nitrogens is 2. The number of nitrogens with two attached hydrogens (primary N) is 2. The molecule has 0 radical (unpaired) electrons. The highest BCUT2D eigenvalue weighted by Gasteiger charge is 2.09. The first-order chi connectivity index (χ1) is 5.65. The Hall–Kier alpha value is -1.52. The summed E-state index contributed by atoms with van der Waals surface area (Å²) in [6.07, 6.45) is 0.875. The number of nitrogen functional groups attached to an aromatic ring is 1. The van der Waals surface area contributed by atoms with E-state index in [4.69, 9.17) is 11.5 Å². The minimum Gasteiger partial charge on any atom is -0.396 e. The Morgan fingerprint density at radius 1 is 1.67 bits per heavy atom. The molecule has 5 N–H and O–H groups in total. The smallest absolute Gasteiger partial charge is 0.223 e. The van der Waals surface area contributed by atoms with Crippen LogP contribution >= 0.6 is 0 Å². The topological polar surface area (TPSA) is 97.8 Å². The lowest BCUT2D eigenvalue weighted by Crippen LogP contribution is -2.14. The van der Waals surface area contributed by atoms with Gasteiger partial charge < -0.3 is 11.5 Å². The summed E-state index contributed by atoms with van der Waals surface area (Å²) >= 11 is 0. The van der Waals surface area contributed by atoms with Gasteiger partial charge in [0.1, 0.15) is 0 Å². The Labute approximate surface area is 70.1 Å². The van der Waals surface area contributed by atoms with Crippen molar-refractivity contribution >= 4 is 11.6 Å². The fourth-order valence-electron chi connectivity index (χ4n) is 1.01. The van der Waals surface area contributed by atoms with Crippen LogP contribution in [0.2, 0.25) is 0 Å². The Morgan fingerprint density at radius 2 is 2.33 bits per heavy atom. The summed E-state index contributed by atoms with van der Waals surface area (Å²) in [6.45, 7) is 1.95. The average Bonchev–Trinajstić information content (AvgIpc) is 2.32. The van der Waals surface area contributed by atoms with Gasteiger partial charge in [-0.3, -0.25) is 9.89 Å². The molecular formula is C7H12N4O. The van der Waals surface area contributed by atoms with E-state index in [1.807, 2.05) is 6.92 Å². The zero-order chi connectivity index (χ0) is 9.14. The van der Waals surface area contributed by atoms with Crippen molar-refractivity contribution in [3.63, 3.8) is 0 Å². The maximum atomic E-state index is 10.5. The molecule has 0 saturated heterocycles. The maximum Gasteiger partial charge on any atom is 0.223 e. The number of carbonyl (C=O) groups is 1. The van der Waals surface area contributed by atoms with Crippen LogP contribution in [-0.4, -0.2) is 16.1 Å². The Balaban J connectivity index is 2.87. The molecule has 5 heteroatoms. The van der Waals surface area contributed by atoms with Gasteiger partial charge in [0, 0.05) is 0 Å². The number of nitrogens with zero attached hydrogens (tertiary/aromatic N) is 1. The number of H-pyrrole nitrogens is 1. The molecule has 0 bridgehead atoms. The van der Waals surface area contributed by atoms with Crippen LogP contribution in [0.1, 0.15) is 18.3 Å². The molecule has 0 atom stereocenters. The lowest BCUT2D eigenvalue weighted by Gasteiger charge is -1.94. The van der Waals surface area contributed by atoms with Gasteiger partial charge in [-0.2, -0.15) is 5.10 Å². The highest BCUT2D eigenvalue weighted by Crippen LogP contribution is 2.14. The number of aromatic amines is 1. The van der Waals surface area contributed by atoms with Crippen LogP contribution in [0.25, 0.3) is 0 Å². The van der Waals surface area contributed by atoms with Crippen molar-refractivity contribution in [2.75, 3.05) is 5.73 Å². The molecule has 0 aliphatic carbocycles. The van der Waals surface area contributed by atoms with E-state index in [0.29, 0.717) is 11.4 Å². The van der Waals surface area contributed by atoms with Gasteiger partial charge in [-0.1, -0.05) is 6.92 Å². The van der Waals surface area contributed by atoms with Crippen molar-refractivity contribution in [2.24, 2.45) is 5.73 Å². The predicted molar refractivity (Wildman–Crippen MR) is 45.3 cm³/mol. The third kappa shape index (κ3) is 1.55. The molecule has 1 heterocycles. The van der Waals surface area contributed by atoms with E-state index < -0.39 is 5.91 Å². The van der Waals surface area contributed by atoms with E-state index >= 15 is 0 Å². The predicted octanol–water partition coefficient (Wildman–Crippen LogP) is -0.418. The van der Waals surface area contributed by atoms with Gasteiger partial charge in [-0.05, 0) is 6.42 Å². The van der Waals surface area contributed by atoms with E-state index in [1.165, 1.54) is 0 Å². The van der Waals surface area contributed by atoms with Gasteiger partial charge in [-0.25, -0.2) is 0 Å². The van der Waals surface area contributed by atoms with Crippen molar-refractivity contribution in [1.29, 1.82) is 0 Å². The van der Waals surface area contributed by atoms with Crippen molar-refractivity contribution in [3.8, 4) is 0 Å². The molecule has 12 heavy (non-hydrogen) atoms. The van der Waals surface area contributed by atoms with E-state index in [0.717, 1.165) is 12.1 Å². The van der Waals surface area contributed by atoms with Crippen LogP contribution in [0.3, 0.4) is 0 Å². The molecule has 0 aliphatic heterocycles. The fourth-order valence-corrected chi connectivity index (χ4v) is 1.01. The van der Waals surface area contributed by atoms with Gasteiger partial charge in [-0.15, -0.1) is 0 Å². The second kappa shape index (κ2) is 3.25. The van der Waals surface area contributed by atoms with Crippen LogP contribution < -0.4 is 11.5 Å². The van der Waals surface area contributed by atoms with Crippen LogP contribution in [-0.2, 0) is 17.6 Å². The molecule has 1 aromatic rings. The largest absolute Gasteiger partial charge is 0.396 e. The van der Waals surface area contributed by atoms with Crippen molar-refractivity contribution in [2.45, 2.75) is 19.8 Å². The highest BCUT2D eigenvalue weighted by molar-refractivity contribution is 5.77. The molecule has 0 fully saturated rings. The van der Waals surface area contributed by atoms with Crippen molar-refractivity contribution < 1.29 is 4.79 Å². The third-order valence-electron chi connectivity index (χ3n) is 1.65. The number of aryl methyl sites for hydroxylation is 1. The van der Waals surface area contributed by atoms with Crippen LogP contribution in [0.4, 0.5) is 5.69 Å². The second-order valence-corrected chi connectivity index (χ2v) is 2.56. The Kier molecular flexibility index (Phi) is 2.32. The lowest BCUT2D eigenvalue weighted by atomic mass is 10.2. The van der Waals surface area contributed by atoms with Crippen molar-refractivity contribution in [3.05, 3.63) is 11.4 Å². The number of nitrogens with one attached hydrogen (secondary N) is 1. The van der Waals surface area contributed by atoms with E-state index in [1.54, 1.807) is 0 Å². The summed E-state index contributed by atoms with van der Waals surface area (Å²) in [5.41, 5.74) is 12.6. The number of carbonyl (C=O) groups excluding carboxylic acids is 1. The van der Waals surface area contributed by atoms with Gasteiger partial charge in [0.2, 0.25) is 5.91 Å². The molecule has 0 unspecified atom stereocenters. The zero-order valence-corrected chi connectivity index (χ0v) is 6.92. The van der Waals surface area contributed by atoms with Crippen LogP contribution in [0.15, 0.2) is 0 Å². The second-order valence-electron chi connectivity index (χ2n) is 2.56. The zero-order valence-electron chi connectivity index (χ0n) is 6.92. The molecule has 0 spiro atoms. The molecule has 0 aliphatic rings. The van der Waals surface area contributed by atoms with Crippen LogP contribution in [0, 0.1) is 0 Å². The first kappa shape index (κ1) is 8.58. The summed E-state index contributed by atoms with van der Waals surface area (Å²) in [5.74, 6) is -0.409. The Morgan fingerprint density at radius 3 is 2.75 bits per heavy atom. The fraction of sp³-hybridized carbons (Fsp3) is 0.429. The first-order valence-corrected chi connectivity index (χ1v) is 3.75. The normalized spacial score (nSPS) is 10.1. The highest BCUT2D eigenvalue weighted by atomic mass is 16.1. The Bertz CT molecular complexity index is 292. The quantitative estimate of drug-likeness (QED) is 0.571. The molecule has 5 nitrogen and oxygen atoms in total. The summed E-state index contributed by atoms with van der Waals surface area (Å²) in [5, 5.41) is 6.61. The third-order valence-corrected chi connectivity index (χ3v) is 1.65. The maximum absolute atomic E-state index is 10.5. The minimum atomic E-state index is -0.409. The minimum absolute atomic E-state index is 0.124. The molecule has 0 saturated carbocycles. The number of rotatable bonds is 3. The van der Waals surface area contributed by atoms with E-state index in [2.05, 4.69) is 10.2 Å². The SMILES string of the molecule is CCc1n[nH]c(CC(N)=O)c1N. The summed E-state index contributed by atoms with van der Waals surface area (Å²) in [6, 6.07) is 0. The van der Waals surface area contributed by atoms with E-state index in [-0.39, 0.29) is 6.42 Å². The van der Waals surface area contributed by atoms with Crippen LogP contribution in [0.5, 0.6) is 0 Å². The van der Waals surface area contributed by atoms with Crippen molar-refractivity contribution in [1.82, 2.24) is 10.2 Å². The van der Waals surface area contributed by atoms with Gasteiger partial charge >= 0.3 is 0 Å². The summed E-state index contributed by atoms with van der Waals surface area (Å²) < 4.78 is 0. The number of amides is 1. The number of anilines is 1. The molecule has 1 rings (SSSR count). The van der Waals surface area contributed by atoms with Gasteiger partial charge in [0.15, 0.2) is 0 Å². The van der Waals surface area contributed by atoms with Gasteiger partial charge in [0.25, 0.3) is 0 Å². The average molecular weight is 168 g/mol. The summed E-state index contributed by atoms with van der Waals surface area (Å²) in [7, 11) is 0. The monoisotopic (exact) mass is 168 g/mol. The number of hydrogen-bond donors (Lipinski definition) is 3. The lowest BCUT2D eigenvalue weighted by molar-refractivity contribution is -0.117. The molecule has 66 valence electrons. The number of hydrogen-bond acceptors (Lipinski definition) is 3. The van der Waals surface area contributed by atoms with Gasteiger partial charge in [0.05, 0.1) is 23.5 Å². The molecule has 1 amide bonds. The van der Waals surface area contributed by atoms with E-state index in [9.17, 15) is 4.79 Å². The summed E-state index contributed by atoms with van der Waals surface area (Å²) in [4.78, 5) is 10.5. The number of primary amides is 1.